The van der Waals surface area contributed by atoms with Crippen molar-refractivity contribution in [3.05, 3.63) is 42.5 Å². The molecule has 4 unspecified atom stereocenters. The third kappa shape index (κ3) is 5.45. The van der Waals surface area contributed by atoms with E-state index in [9.17, 15) is 8.78 Å². The van der Waals surface area contributed by atoms with Crippen LogP contribution < -0.4 is 4.74 Å². The number of fused-ring (bicyclic) bond motifs is 1. The highest BCUT2D eigenvalue weighted by Gasteiger charge is 2.38. The molecule has 0 amide bonds. The Morgan fingerprint density at radius 3 is 2.10 bits per heavy atom. The molecule has 3 aliphatic rings. The van der Waals surface area contributed by atoms with E-state index in [0.29, 0.717) is 5.92 Å². The number of benzene rings is 1. The highest BCUT2D eigenvalue weighted by Crippen LogP contribution is 2.50. The van der Waals surface area contributed by atoms with Crippen LogP contribution in [0.2, 0.25) is 0 Å². The highest BCUT2D eigenvalue weighted by atomic mass is 19.3. The Kier molecular flexibility index (Phi) is 7.49. The average Bonchev–Trinajstić information content (AvgIpc) is 2.77. The summed E-state index contributed by atoms with van der Waals surface area (Å²) in [4.78, 5) is 0. The van der Waals surface area contributed by atoms with Crippen LogP contribution >= 0.6 is 0 Å². The molecule has 1 aromatic carbocycles. The zero-order valence-corrected chi connectivity index (χ0v) is 18.3. The summed E-state index contributed by atoms with van der Waals surface area (Å²) < 4.78 is 29.2. The first-order valence-electron chi connectivity index (χ1n) is 12.3. The highest BCUT2D eigenvalue weighted by molar-refractivity contribution is 5.29. The molecule has 0 saturated heterocycles. The predicted octanol–water partition coefficient (Wildman–Crippen LogP) is 8.36. The monoisotopic (exact) mass is 416 g/mol. The molecular weight excluding hydrogens is 378 g/mol. The molecule has 0 radical (unpaired) electrons. The van der Waals surface area contributed by atoms with E-state index >= 15 is 0 Å². The van der Waals surface area contributed by atoms with Gasteiger partial charge in [-0.3, -0.25) is 0 Å². The van der Waals surface area contributed by atoms with Crippen molar-refractivity contribution in [1.29, 1.82) is 0 Å². The fourth-order valence-corrected chi connectivity index (χ4v) is 6.91. The summed E-state index contributed by atoms with van der Waals surface area (Å²) in [5, 5.41) is 0. The number of alkyl halides is 2. The number of rotatable bonds is 7. The first-order chi connectivity index (χ1) is 14.6. The molecule has 1 aromatic rings. The van der Waals surface area contributed by atoms with Crippen LogP contribution in [0.3, 0.4) is 0 Å². The molecule has 3 aliphatic carbocycles. The van der Waals surface area contributed by atoms with Gasteiger partial charge in [0.2, 0.25) is 0 Å². The minimum atomic E-state index is -2.75. The maximum absolute atomic E-state index is 12.3. The van der Waals surface area contributed by atoms with Crippen LogP contribution in [0.1, 0.15) is 88.5 Å². The standard InChI is InChI=1S/C27H38F2O/c1-2-3-4-19-5-6-25-18-24(12-11-23(25)17-19)22-9-7-20(8-10-22)21-13-15-26(16-14-21)30-27(28)29/h2,13-16,19-20,22-25,27H,1,3-12,17-18H2. The first-order valence-corrected chi connectivity index (χ1v) is 12.3. The maximum atomic E-state index is 12.3. The minimum absolute atomic E-state index is 0.262. The Morgan fingerprint density at radius 1 is 0.833 bits per heavy atom. The van der Waals surface area contributed by atoms with Crippen LogP contribution in [0.5, 0.6) is 5.75 Å². The van der Waals surface area contributed by atoms with Gasteiger partial charge in [-0.05, 0) is 124 Å². The van der Waals surface area contributed by atoms with Gasteiger partial charge in [0.05, 0.1) is 0 Å². The van der Waals surface area contributed by atoms with Gasteiger partial charge in [0.15, 0.2) is 0 Å². The van der Waals surface area contributed by atoms with Gasteiger partial charge in [-0.15, -0.1) is 6.58 Å². The minimum Gasteiger partial charge on any atom is -0.435 e. The zero-order valence-electron chi connectivity index (χ0n) is 18.3. The van der Waals surface area contributed by atoms with Gasteiger partial charge >= 0.3 is 6.61 Å². The Balaban J connectivity index is 1.24. The molecule has 1 nitrogen and oxygen atoms in total. The van der Waals surface area contributed by atoms with Crippen molar-refractivity contribution in [3.63, 3.8) is 0 Å². The topological polar surface area (TPSA) is 9.23 Å². The van der Waals surface area contributed by atoms with E-state index in [1.165, 1.54) is 82.6 Å². The molecule has 0 aliphatic heterocycles. The third-order valence-corrected chi connectivity index (χ3v) is 8.56. The second-order valence-corrected chi connectivity index (χ2v) is 10.2. The van der Waals surface area contributed by atoms with Crippen molar-refractivity contribution in [2.45, 2.75) is 89.6 Å². The van der Waals surface area contributed by atoms with Gasteiger partial charge in [-0.2, -0.15) is 8.78 Å². The van der Waals surface area contributed by atoms with Gasteiger partial charge in [0.25, 0.3) is 0 Å². The molecule has 3 heteroatoms. The molecule has 0 aromatic heterocycles. The van der Waals surface area contributed by atoms with Crippen molar-refractivity contribution in [3.8, 4) is 5.75 Å². The van der Waals surface area contributed by atoms with E-state index in [0.717, 1.165) is 29.6 Å². The molecule has 30 heavy (non-hydrogen) atoms. The molecular formula is C27H38F2O. The Hall–Kier alpha value is -1.38. The van der Waals surface area contributed by atoms with Crippen LogP contribution in [0.4, 0.5) is 8.78 Å². The molecule has 0 spiro atoms. The van der Waals surface area contributed by atoms with E-state index in [-0.39, 0.29) is 5.75 Å². The summed E-state index contributed by atoms with van der Waals surface area (Å²) in [5.74, 6) is 5.63. The quantitative estimate of drug-likeness (QED) is 0.406. The predicted molar refractivity (Wildman–Crippen MR) is 119 cm³/mol. The van der Waals surface area contributed by atoms with Crippen molar-refractivity contribution in [2.75, 3.05) is 0 Å². The molecule has 4 rings (SSSR count). The summed E-state index contributed by atoms with van der Waals surface area (Å²) in [5.41, 5.74) is 1.29. The van der Waals surface area contributed by atoms with Crippen molar-refractivity contribution >= 4 is 0 Å². The van der Waals surface area contributed by atoms with Crippen LogP contribution in [-0.4, -0.2) is 6.61 Å². The van der Waals surface area contributed by atoms with E-state index in [4.69, 9.17) is 0 Å². The Bertz CT molecular complexity index is 662. The van der Waals surface area contributed by atoms with Gasteiger partial charge in [0.1, 0.15) is 5.75 Å². The summed E-state index contributed by atoms with van der Waals surface area (Å²) in [6.45, 7) is 1.15. The Labute approximate surface area is 181 Å². The van der Waals surface area contributed by atoms with Gasteiger partial charge < -0.3 is 4.74 Å². The lowest BCUT2D eigenvalue weighted by Crippen LogP contribution is -2.34. The maximum Gasteiger partial charge on any atom is 0.387 e. The van der Waals surface area contributed by atoms with Crippen molar-refractivity contribution in [2.24, 2.45) is 29.6 Å². The van der Waals surface area contributed by atoms with Gasteiger partial charge in [-0.1, -0.05) is 24.6 Å². The SMILES string of the molecule is C=CCCC1CCC2CC(C3CCC(c4ccc(OC(F)F)cc4)CC3)CCC2C1. The van der Waals surface area contributed by atoms with Gasteiger partial charge in [0, 0.05) is 0 Å². The number of hydrogen-bond acceptors (Lipinski definition) is 1. The molecule has 0 N–H and O–H groups in total. The smallest absolute Gasteiger partial charge is 0.387 e. The second-order valence-electron chi connectivity index (χ2n) is 10.2. The van der Waals surface area contributed by atoms with Crippen LogP contribution in [-0.2, 0) is 0 Å². The van der Waals surface area contributed by atoms with E-state index in [2.05, 4.69) is 17.4 Å². The molecule has 3 saturated carbocycles. The largest absolute Gasteiger partial charge is 0.435 e. The summed E-state index contributed by atoms with van der Waals surface area (Å²) >= 11 is 0. The normalized spacial score (nSPS) is 34.4. The fourth-order valence-electron chi connectivity index (χ4n) is 6.91. The molecule has 4 atom stereocenters. The first kappa shape index (κ1) is 21.8. The number of hydrogen-bond donors (Lipinski definition) is 0. The third-order valence-electron chi connectivity index (χ3n) is 8.56. The molecule has 0 bridgehead atoms. The van der Waals surface area contributed by atoms with E-state index < -0.39 is 6.61 Å². The van der Waals surface area contributed by atoms with Gasteiger partial charge in [-0.25, -0.2) is 0 Å². The van der Waals surface area contributed by atoms with Crippen LogP contribution in [0.25, 0.3) is 0 Å². The summed E-state index contributed by atoms with van der Waals surface area (Å²) in [6.07, 6.45) is 18.6. The fraction of sp³-hybridized carbons (Fsp3) is 0.704. The van der Waals surface area contributed by atoms with Crippen LogP contribution in [0, 0.1) is 29.6 Å². The number of ether oxygens (including phenoxy) is 1. The average molecular weight is 417 g/mol. The summed E-state index contributed by atoms with van der Waals surface area (Å²) in [6, 6.07) is 7.36. The lowest BCUT2D eigenvalue weighted by Gasteiger charge is -2.45. The second kappa shape index (κ2) is 10.3. The van der Waals surface area contributed by atoms with Crippen molar-refractivity contribution < 1.29 is 13.5 Å². The Morgan fingerprint density at radius 2 is 1.43 bits per heavy atom. The van der Waals surface area contributed by atoms with Crippen LogP contribution in [0.15, 0.2) is 36.9 Å². The number of halogens is 2. The molecule has 166 valence electrons. The lowest BCUT2D eigenvalue weighted by atomic mass is 9.60. The molecule has 0 heterocycles. The van der Waals surface area contributed by atoms with E-state index in [1.807, 2.05) is 12.1 Å². The lowest BCUT2D eigenvalue weighted by molar-refractivity contribution is -0.0498. The number of allylic oxidation sites excluding steroid dienone is 1. The zero-order chi connectivity index (χ0) is 20.9. The molecule has 3 fully saturated rings. The summed E-state index contributed by atoms with van der Waals surface area (Å²) in [7, 11) is 0. The van der Waals surface area contributed by atoms with Crippen molar-refractivity contribution in [1.82, 2.24) is 0 Å². The van der Waals surface area contributed by atoms with E-state index in [1.54, 1.807) is 12.1 Å².